The quantitative estimate of drug-likeness (QED) is 0.253. The lowest BCUT2D eigenvalue weighted by Crippen LogP contribution is -2.15. The molecule has 3 aromatic rings. The fourth-order valence-electron chi connectivity index (χ4n) is 5.02. The lowest BCUT2D eigenvalue weighted by molar-refractivity contribution is 0.0734. The van der Waals surface area contributed by atoms with E-state index in [-0.39, 0.29) is 11.5 Å². The Bertz CT molecular complexity index is 1070. The molecule has 34 heavy (non-hydrogen) atoms. The van der Waals surface area contributed by atoms with Crippen molar-refractivity contribution < 1.29 is 18.7 Å². The summed E-state index contributed by atoms with van der Waals surface area (Å²) in [6.07, 6.45) is 6.10. The maximum absolute atomic E-state index is 14.0. The van der Waals surface area contributed by atoms with E-state index < -0.39 is 11.8 Å². The Hall–Kier alpha value is -3.14. The van der Waals surface area contributed by atoms with E-state index in [1.807, 2.05) is 24.3 Å². The van der Waals surface area contributed by atoms with Gasteiger partial charge < -0.3 is 9.47 Å². The number of hydrogen-bond donors (Lipinski definition) is 0. The molecule has 0 N–H and O–H groups in total. The van der Waals surface area contributed by atoms with E-state index in [9.17, 15) is 9.18 Å². The third kappa shape index (κ3) is 6.05. The van der Waals surface area contributed by atoms with Crippen LogP contribution in [0.4, 0.5) is 4.39 Å². The van der Waals surface area contributed by atoms with Crippen molar-refractivity contribution in [1.29, 1.82) is 0 Å². The van der Waals surface area contributed by atoms with Crippen molar-refractivity contribution in [3.63, 3.8) is 0 Å². The third-order valence-electron chi connectivity index (χ3n) is 6.93. The van der Waals surface area contributed by atoms with Crippen molar-refractivity contribution in [2.24, 2.45) is 5.92 Å². The maximum atomic E-state index is 14.0. The van der Waals surface area contributed by atoms with E-state index in [1.165, 1.54) is 61.4 Å². The molecular weight excluding hydrogens is 427 g/mol. The van der Waals surface area contributed by atoms with Crippen LogP contribution in [0.5, 0.6) is 11.5 Å². The molecule has 0 aliphatic heterocycles. The molecule has 0 saturated heterocycles. The molecule has 0 radical (unpaired) electrons. The Balaban J connectivity index is 1.29. The summed E-state index contributed by atoms with van der Waals surface area (Å²) in [7, 11) is 0. The molecule has 1 atom stereocenters. The van der Waals surface area contributed by atoms with Gasteiger partial charge in [-0.2, -0.15) is 0 Å². The summed E-state index contributed by atoms with van der Waals surface area (Å²) >= 11 is 0. The van der Waals surface area contributed by atoms with Gasteiger partial charge in [-0.1, -0.05) is 49.4 Å². The SMILES string of the molecule is CCOc1ccc(OC(=O)c2ccc(C3CCC(C[C@H](C)c4ccccc4)CC3)cc2)cc1F. The van der Waals surface area contributed by atoms with Gasteiger partial charge >= 0.3 is 5.97 Å². The van der Waals surface area contributed by atoms with Gasteiger partial charge in [-0.15, -0.1) is 0 Å². The van der Waals surface area contributed by atoms with Crippen molar-refractivity contribution in [1.82, 2.24) is 0 Å². The number of ether oxygens (including phenoxy) is 2. The lowest BCUT2D eigenvalue weighted by atomic mass is 9.75. The number of carbonyl (C=O) groups excluding carboxylic acids is 1. The predicted molar refractivity (Wildman–Crippen MR) is 133 cm³/mol. The minimum atomic E-state index is -0.545. The summed E-state index contributed by atoms with van der Waals surface area (Å²) in [6, 6.07) is 22.7. The average Bonchev–Trinajstić information content (AvgIpc) is 2.87. The van der Waals surface area contributed by atoms with Crippen LogP contribution in [-0.4, -0.2) is 12.6 Å². The molecule has 0 bridgehead atoms. The molecule has 1 fully saturated rings. The Morgan fingerprint density at radius 3 is 2.32 bits per heavy atom. The van der Waals surface area contributed by atoms with E-state index in [1.54, 1.807) is 6.92 Å². The van der Waals surface area contributed by atoms with Gasteiger partial charge in [-0.05, 0) is 92.2 Å². The van der Waals surface area contributed by atoms with Crippen molar-refractivity contribution in [3.05, 3.63) is 95.3 Å². The molecule has 0 spiro atoms. The van der Waals surface area contributed by atoms with Gasteiger partial charge in [0.15, 0.2) is 11.6 Å². The standard InChI is InChI=1S/C30H33FO3/c1-3-33-29-18-17-27(20-28(29)31)34-30(32)26-15-13-25(14-16-26)24-11-9-22(10-12-24)19-21(2)23-7-5-4-6-8-23/h4-8,13-18,20-22,24H,3,9-12,19H2,1-2H3/t21-,22?,24?/m0/s1. The summed E-state index contributed by atoms with van der Waals surface area (Å²) in [4.78, 5) is 12.5. The van der Waals surface area contributed by atoms with Crippen LogP contribution in [0.1, 0.15) is 79.3 Å². The monoisotopic (exact) mass is 460 g/mol. The van der Waals surface area contributed by atoms with E-state index in [0.717, 1.165) is 5.92 Å². The first-order chi connectivity index (χ1) is 16.5. The zero-order chi connectivity index (χ0) is 23.9. The Kier molecular flexibility index (Phi) is 7.99. The van der Waals surface area contributed by atoms with Crippen LogP contribution in [0.2, 0.25) is 0 Å². The Labute approximate surface area is 201 Å². The van der Waals surface area contributed by atoms with Crippen LogP contribution in [0.3, 0.4) is 0 Å². The smallest absolute Gasteiger partial charge is 0.343 e. The largest absolute Gasteiger partial charge is 0.491 e. The number of carbonyl (C=O) groups is 1. The van der Waals surface area contributed by atoms with Gasteiger partial charge in [0.1, 0.15) is 5.75 Å². The third-order valence-corrected chi connectivity index (χ3v) is 6.93. The molecule has 1 aliphatic carbocycles. The second-order valence-corrected chi connectivity index (χ2v) is 9.30. The summed E-state index contributed by atoms with van der Waals surface area (Å²) < 4.78 is 24.6. The molecule has 3 aromatic carbocycles. The van der Waals surface area contributed by atoms with Crippen LogP contribution in [-0.2, 0) is 0 Å². The maximum Gasteiger partial charge on any atom is 0.343 e. The predicted octanol–water partition coefficient (Wildman–Crippen LogP) is 7.91. The van der Waals surface area contributed by atoms with E-state index in [4.69, 9.17) is 9.47 Å². The zero-order valence-corrected chi connectivity index (χ0v) is 20.0. The minimum absolute atomic E-state index is 0.149. The van der Waals surface area contributed by atoms with Gasteiger partial charge in [0.25, 0.3) is 0 Å². The van der Waals surface area contributed by atoms with Crippen molar-refractivity contribution >= 4 is 5.97 Å². The normalized spacial score (nSPS) is 18.8. The topological polar surface area (TPSA) is 35.5 Å². The molecule has 0 amide bonds. The Morgan fingerprint density at radius 2 is 1.68 bits per heavy atom. The molecule has 4 rings (SSSR count). The summed E-state index contributed by atoms with van der Waals surface area (Å²) in [6.45, 7) is 4.49. The lowest BCUT2D eigenvalue weighted by Gasteiger charge is -2.30. The molecule has 4 heteroatoms. The number of esters is 1. The van der Waals surface area contributed by atoms with Crippen LogP contribution in [0, 0.1) is 11.7 Å². The number of halogens is 1. The molecular formula is C30H33FO3. The summed E-state index contributed by atoms with van der Waals surface area (Å²) in [5, 5.41) is 0. The minimum Gasteiger partial charge on any atom is -0.491 e. The van der Waals surface area contributed by atoms with Crippen LogP contribution < -0.4 is 9.47 Å². The first-order valence-corrected chi connectivity index (χ1v) is 12.3. The molecule has 0 aromatic heterocycles. The second kappa shape index (κ2) is 11.3. The van der Waals surface area contributed by atoms with Gasteiger partial charge in [0.2, 0.25) is 0 Å². The summed E-state index contributed by atoms with van der Waals surface area (Å²) in [5.41, 5.74) is 3.17. The highest BCUT2D eigenvalue weighted by atomic mass is 19.1. The van der Waals surface area contributed by atoms with Crippen molar-refractivity contribution in [3.8, 4) is 11.5 Å². The Morgan fingerprint density at radius 1 is 0.971 bits per heavy atom. The summed E-state index contributed by atoms with van der Waals surface area (Å²) in [5.74, 6) is 1.18. The average molecular weight is 461 g/mol. The van der Waals surface area contributed by atoms with E-state index >= 15 is 0 Å². The number of benzene rings is 3. The fourth-order valence-corrected chi connectivity index (χ4v) is 5.02. The highest BCUT2D eigenvalue weighted by Gasteiger charge is 2.24. The van der Waals surface area contributed by atoms with Gasteiger partial charge in [-0.25, -0.2) is 9.18 Å². The van der Waals surface area contributed by atoms with Crippen molar-refractivity contribution in [2.45, 2.75) is 57.8 Å². The molecule has 3 nitrogen and oxygen atoms in total. The van der Waals surface area contributed by atoms with Crippen molar-refractivity contribution in [2.75, 3.05) is 6.61 Å². The number of rotatable bonds is 8. The zero-order valence-electron chi connectivity index (χ0n) is 20.0. The van der Waals surface area contributed by atoms with Gasteiger partial charge in [0.05, 0.1) is 12.2 Å². The van der Waals surface area contributed by atoms with Crippen LogP contribution in [0.15, 0.2) is 72.8 Å². The van der Waals surface area contributed by atoms with Gasteiger partial charge in [0, 0.05) is 6.07 Å². The first kappa shape index (κ1) is 24.0. The molecule has 0 heterocycles. The molecule has 1 saturated carbocycles. The molecule has 178 valence electrons. The fraction of sp³-hybridized carbons (Fsp3) is 0.367. The number of hydrogen-bond acceptors (Lipinski definition) is 3. The van der Waals surface area contributed by atoms with Crippen LogP contribution in [0.25, 0.3) is 0 Å². The highest BCUT2D eigenvalue weighted by Crippen LogP contribution is 2.39. The van der Waals surface area contributed by atoms with E-state index in [0.29, 0.717) is 24.0 Å². The highest BCUT2D eigenvalue weighted by molar-refractivity contribution is 5.91. The van der Waals surface area contributed by atoms with Gasteiger partial charge in [-0.3, -0.25) is 0 Å². The molecule has 1 aliphatic rings. The second-order valence-electron chi connectivity index (χ2n) is 9.30. The van der Waals surface area contributed by atoms with E-state index in [2.05, 4.69) is 37.3 Å². The first-order valence-electron chi connectivity index (χ1n) is 12.3. The molecule has 0 unspecified atom stereocenters. The van der Waals surface area contributed by atoms with Crippen LogP contribution >= 0.6 is 0 Å².